The molecule has 3 nitrogen and oxygen atoms in total. The van der Waals surface area contributed by atoms with Gasteiger partial charge in [-0.25, -0.2) is 0 Å². The van der Waals surface area contributed by atoms with Crippen LogP contribution in [0.25, 0.3) is 0 Å². The average Bonchev–Trinajstić information content (AvgIpc) is 2.70. The van der Waals surface area contributed by atoms with Crippen LogP contribution < -0.4 is 5.32 Å². The van der Waals surface area contributed by atoms with E-state index in [1.165, 1.54) is 18.4 Å². The van der Waals surface area contributed by atoms with Crippen molar-refractivity contribution in [1.82, 2.24) is 4.90 Å². The molecule has 1 saturated heterocycles. The lowest BCUT2D eigenvalue weighted by molar-refractivity contribution is -0.135. The second-order valence-corrected chi connectivity index (χ2v) is 6.65. The molecule has 0 radical (unpaired) electrons. The summed E-state index contributed by atoms with van der Waals surface area (Å²) in [6, 6.07) is 9.03. The van der Waals surface area contributed by atoms with E-state index in [-0.39, 0.29) is 5.92 Å². The van der Waals surface area contributed by atoms with Crippen LogP contribution in [0.4, 0.5) is 5.69 Å². The summed E-state index contributed by atoms with van der Waals surface area (Å²) in [5, 5.41) is 3.50. The zero-order valence-electron chi connectivity index (χ0n) is 13.1. The number of nitrogens with zero attached hydrogens (tertiary/aromatic N) is 1. The first-order valence-electron chi connectivity index (χ1n) is 8.32. The summed E-state index contributed by atoms with van der Waals surface area (Å²) >= 11 is 0. The highest BCUT2D eigenvalue weighted by Gasteiger charge is 2.34. The Morgan fingerprint density at radius 3 is 2.86 bits per heavy atom. The molecule has 0 bridgehead atoms. The molecule has 0 aromatic heterocycles. The maximum absolute atomic E-state index is 13.1. The minimum absolute atomic E-state index is 0.0259. The molecule has 3 atom stereocenters. The van der Waals surface area contributed by atoms with Crippen LogP contribution in [-0.4, -0.2) is 29.4 Å². The predicted octanol–water partition coefficient (Wildman–Crippen LogP) is 3.77. The fourth-order valence-electron chi connectivity index (χ4n) is 3.77. The second kappa shape index (κ2) is 6.08. The molecule has 1 aromatic carbocycles. The quantitative estimate of drug-likeness (QED) is 0.852. The van der Waals surface area contributed by atoms with Crippen molar-refractivity contribution < 1.29 is 4.79 Å². The number of rotatable bonds is 1. The number of fused-ring (bicyclic) bond motifs is 1. The highest BCUT2D eigenvalue weighted by Crippen LogP contribution is 2.36. The van der Waals surface area contributed by atoms with Crippen molar-refractivity contribution >= 4 is 11.6 Å². The van der Waals surface area contributed by atoms with Crippen molar-refractivity contribution in [2.45, 2.75) is 64.0 Å². The topological polar surface area (TPSA) is 32.3 Å². The number of para-hydroxylation sites is 1. The molecule has 2 aliphatic heterocycles. The highest BCUT2D eigenvalue weighted by atomic mass is 16.2. The minimum Gasteiger partial charge on any atom is -0.382 e. The molecule has 0 spiro atoms. The zero-order chi connectivity index (χ0) is 14.8. The number of carbonyl (C=O) groups is 1. The van der Waals surface area contributed by atoms with Gasteiger partial charge in [0.05, 0.1) is 5.92 Å². The smallest absolute Gasteiger partial charge is 0.230 e. The summed E-state index contributed by atoms with van der Waals surface area (Å²) in [5.74, 6) is 0.364. The van der Waals surface area contributed by atoms with Crippen LogP contribution in [0.2, 0.25) is 0 Å². The van der Waals surface area contributed by atoms with Crippen molar-refractivity contribution in [3.8, 4) is 0 Å². The van der Waals surface area contributed by atoms with Gasteiger partial charge in [0.1, 0.15) is 0 Å². The van der Waals surface area contributed by atoms with Gasteiger partial charge in [-0.15, -0.1) is 0 Å². The molecule has 1 amide bonds. The van der Waals surface area contributed by atoms with Crippen LogP contribution in [0.15, 0.2) is 24.3 Å². The van der Waals surface area contributed by atoms with Crippen LogP contribution in [0, 0.1) is 0 Å². The molecule has 3 heteroatoms. The van der Waals surface area contributed by atoms with E-state index in [9.17, 15) is 4.79 Å². The SMILES string of the molecule is CC1CC(C(=O)N2CCCCCC2C)c2ccccc2N1. The van der Waals surface area contributed by atoms with Gasteiger partial charge >= 0.3 is 0 Å². The van der Waals surface area contributed by atoms with Gasteiger partial charge in [-0.1, -0.05) is 31.0 Å². The Kier molecular flexibility index (Phi) is 4.18. The molecule has 0 saturated carbocycles. The van der Waals surface area contributed by atoms with Crippen molar-refractivity contribution in [3.63, 3.8) is 0 Å². The summed E-state index contributed by atoms with van der Waals surface area (Å²) in [6.07, 6.45) is 5.71. The lowest BCUT2D eigenvalue weighted by Gasteiger charge is -2.36. The van der Waals surface area contributed by atoms with E-state index in [1.807, 2.05) is 12.1 Å². The summed E-state index contributed by atoms with van der Waals surface area (Å²) in [7, 11) is 0. The molecule has 114 valence electrons. The first-order valence-corrected chi connectivity index (χ1v) is 8.32. The molecule has 1 fully saturated rings. The van der Waals surface area contributed by atoms with Gasteiger partial charge in [-0.05, 0) is 44.7 Å². The summed E-state index contributed by atoms with van der Waals surface area (Å²) < 4.78 is 0. The number of hydrogen-bond acceptors (Lipinski definition) is 2. The number of benzene rings is 1. The monoisotopic (exact) mass is 286 g/mol. The Morgan fingerprint density at radius 1 is 1.19 bits per heavy atom. The fourth-order valence-corrected chi connectivity index (χ4v) is 3.77. The Hall–Kier alpha value is -1.51. The number of amides is 1. The third-order valence-electron chi connectivity index (χ3n) is 4.96. The maximum atomic E-state index is 13.1. The van der Waals surface area contributed by atoms with E-state index in [2.05, 4.69) is 36.2 Å². The van der Waals surface area contributed by atoms with Gasteiger partial charge in [0.2, 0.25) is 5.91 Å². The fraction of sp³-hybridized carbons (Fsp3) is 0.611. The molecule has 1 N–H and O–H groups in total. The van der Waals surface area contributed by atoms with E-state index in [4.69, 9.17) is 0 Å². The highest BCUT2D eigenvalue weighted by molar-refractivity contribution is 5.86. The largest absolute Gasteiger partial charge is 0.382 e. The third-order valence-corrected chi connectivity index (χ3v) is 4.96. The van der Waals surface area contributed by atoms with Crippen LogP contribution in [-0.2, 0) is 4.79 Å². The summed E-state index contributed by atoms with van der Waals surface area (Å²) in [5.41, 5.74) is 2.31. The predicted molar refractivity (Wildman–Crippen MR) is 86.5 cm³/mol. The number of anilines is 1. The third kappa shape index (κ3) is 2.92. The number of nitrogens with one attached hydrogen (secondary N) is 1. The van der Waals surface area contributed by atoms with E-state index in [1.54, 1.807) is 0 Å². The van der Waals surface area contributed by atoms with Crippen molar-refractivity contribution in [3.05, 3.63) is 29.8 Å². The summed E-state index contributed by atoms with van der Waals surface area (Å²) in [6.45, 7) is 5.31. The molecule has 2 aliphatic rings. The normalized spacial score (nSPS) is 29.2. The Bertz CT molecular complexity index is 514. The second-order valence-electron chi connectivity index (χ2n) is 6.65. The average molecular weight is 286 g/mol. The molecular formula is C18H26N2O. The standard InChI is InChI=1S/C18H26N2O/c1-13-12-16(15-9-5-6-10-17(15)19-13)18(21)20-11-7-3-4-8-14(20)2/h5-6,9-10,13-14,16,19H,3-4,7-8,11-12H2,1-2H3. The van der Waals surface area contributed by atoms with Crippen LogP contribution in [0.5, 0.6) is 0 Å². The number of hydrogen-bond donors (Lipinski definition) is 1. The molecule has 0 aliphatic carbocycles. The molecule has 1 aromatic rings. The van der Waals surface area contributed by atoms with Gasteiger partial charge < -0.3 is 10.2 Å². The molecule has 21 heavy (non-hydrogen) atoms. The Morgan fingerprint density at radius 2 is 2.00 bits per heavy atom. The molecular weight excluding hydrogens is 260 g/mol. The van der Waals surface area contributed by atoms with E-state index < -0.39 is 0 Å². The number of likely N-dealkylation sites (tertiary alicyclic amines) is 1. The van der Waals surface area contributed by atoms with Gasteiger partial charge in [0.25, 0.3) is 0 Å². The van der Waals surface area contributed by atoms with Crippen LogP contribution in [0.3, 0.4) is 0 Å². The first-order chi connectivity index (χ1) is 10.2. The van der Waals surface area contributed by atoms with Crippen LogP contribution in [0.1, 0.15) is 57.4 Å². The van der Waals surface area contributed by atoms with E-state index >= 15 is 0 Å². The minimum atomic E-state index is 0.0259. The van der Waals surface area contributed by atoms with Crippen molar-refractivity contribution in [1.29, 1.82) is 0 Å². The van der Waals surface area contributed by atoms with E-state index in [0.29, 0.717) is 18.0 Å². The zero-order valence-corrected chi connectivity index (χ0v) is 13.1. The van der Waals surface area contributed by atoms with Gasteiger partial charge in [0.15, 0.2) is 0 Å². The van der Waals surface area contributed by atoms with Crippen molar-refractivity contribution in [2.75, 3.05) is 11.9 Å². The molecule has 3 rings (SSSR count). The lowest BCUT2D eigenvalue weighted by Crippen LogP contribution is -2.43. The Labute approximate surface area is 127 Å². The summed E-state index contributed by atoms with van der Waals surface area (Å²) in [4.78, 5) is 15.3. The van der Waals surface area contributed by atoms with Crippen molar-refractivity contribution in [2.24, 2.45) is 0 Å². The lowest BCUT2D eigenvalue weighted by atomic mass is 9.86. The molecule has 3 unspecified atom stereocenters. The van der Waals surface area contributed by atoms with Gasteiger partial charge in [0, 0.05) is 24.3 Å². The van der Waals surface area contributed by atoms with Gasteiger partial charge in [-0.2, -0.15) is 0 Å². The molecule has 2 heterocycles. The Balaban J connectivity index is 1.87. The first kappa shape index (κ1) is 14.4. The van der Waals surface area contributed by atoms with Crippen LogP contribution >= 0.6 is 0 Å². The van der Waals surface area contributed by atoms with E-state index in [0.717, 1.165) is 31.5 Å². The number of carbonyl (C=O) groups excluding carboxylic acids is 1. The maximum Gasteiger partial charge on any atom is 0.230 e. The van der Waals surface area contributed by atoms with Gasteiger partial charge in [-0.3, -0.25) is 4.79 Å².